The number of likely N-dealkylation sites (tertiary alicyclic amines) is 1. The molecule has 0 radical (unpaired) electrons. The maximum absolute atomic E-state index is 11.1. The zero-order valence-corrected chi connectivity index (χ0v) is 15.2. The van der Waals surface area contributed by atoms with Crippen LogP contribution in [0.2, 0.25) is 0 Å². The van der Waals surface area contributed by atoms with Gasteiger partial charge in [0, 0.05) is 12.6 Å². The van der Waals surface area contributed by atoms with Crippen LogP contribution in [0.1, 0.15) is 30.3 Å². The quantitative estimate of drug-likeness (QED) is 0.527. The Kier molecular flexibility index (Phi) is 4.77. The molecular formula is C20H22N4O3. The van der Waals surface area contributed by atoms with E-state index in [4.69, 9.17) is 9.72 Å². The highest BCUT2D eigenvalue weighted by Crippen LogP contribution is 2.31. The molecule has 0 bridgehead atoms. The Hall–Kier alpha value is -2.93. The molecule has 0 amide bonds. The molecule has 7 nitrogen and oxygen atoms in total. The fraction of sp³-hybridized carbons (Fsp3) is 0.350. The highest BCUT2D eigenvalue weighted by molar-refractivity contribution is 5.75. The first-order chi connectivity index (χ1) is 13.1. The lowest BCUT2D eigenvalue weighted by Gasteiger charge is -2.22. The van der Waals surface area contributed by atoms with Crippen molar-refractivity contribution in [1.29, 1.82) is 0 Å². The molecule has 140 valence electrons. The minimum absolute atomic E-state index is 0.00289. The van der Waals surface area contributed by atoms with Crippen molar-refractivity contribution < 1.29 is 9.66 Å². The lowest BCUT2D eigenvalue weighted by Crippen LogP contribution is -2.28. The number of rotatable bonds is 6. The van der Waals surface area contributed by atoms with Gasteiger partial charge in [0.05, 0.1) is 22.0 Å². The van der Waals surface area contributed by atoms with Gasteiger partial charge >= 0.3 is 5.69 Å². The van der Waals surface area contributed by atoms with Crippen LogP contribution >= 0.6 is 0 Å². The Balaban J connectivity index is 1.43. The summed E-state index contributed by atoms with van der Waals surface area (Å²) in [6, 6.07) is 12.9. The van der Waals surface area contributed by atoms with Gasteiger partial charge in [0.25, 0.3) is 0 Å². The third-order valence-corrected chi connectivity index (χ3v) is 5.03. The van der Waals surface area contributed by atoms with E-state index in [1.807, 2.05) is 6.07 Å². The van der Waals surface area contributed by atoms with Crippen molar-refractivity contribution in [2.45, 2.75) is 25.8 Å². The minimum Gasteiger partial charge on any atom is -0.485 e. The average molecular weight is 366 g/mol. The summed E-state index contributed by atoms with van der Waals surface area (Å²) in [4.78, 5) is 21.2. The summed E-state index contributed by atoms with van der Waals surface area (Å²) in [5, 5.41) is 11.1. The molecule has 7 heteroatoms. The first-order valence-corrected chi connectivity index (χ1v) is 9.18. The number of para-hydroxylation sites is 2. The first-order valence-electron chi connectivity index (χ1n) is 9.18. The number of aromatic nitrogens is 2. The molecule has 4 rings (SSSR count). The summed E-state index contributed by atoms with van der Waals surface area (Å²) in [6.07, 6.45) is 2.15. The number of H-pyrrole nitrogens is 1. The Labute approximate surface area is 157 Å². The van der Waals surface area contributed by atoms with Crippen molar-refractivity contribution in [3.8, 4) is 5.75 Å². The van der Waals surface area contributed by atoms with Crippen LogP contribution in [0.25, 0.3) is 11.0 Å². The van der Waals surface area contributed by atoms with Gasteiger partial charge in [-0.2, -0.15) is 0 Å². The van der Waals surface area contributed by atoms with Crippen LogP contribution in [0.15, 0.2) is 42.5 Å². The summed E-state index contributed by atoms with van der Waals surface area (Å²) in [5.41, 5.74) is 3.26. The number of hydrogen-bond acceptors (Lipinski definition) is 5. The molecule has 1 fully saturated rings. The SMILES string of the molecule is Cc1ccc2nc([C@@H]3CCCN3CCOc3ccccc3[N+](=O)[O-])[nH]c2c1. The van der Waals surface area contributed by atoms with Gasteiger partial charge in [0.2, 0.25) is 0 Å². The van der Waals surface area contributed by atoms with Gasteiger partial charge < -0.3 is 9.72 Å². The minimum atomic E-state index is -0.412. The third-order valence-electron chi connectivity index (χ3n) is 5.03. The number of ether oxygens (including phenoxy) is 1. The van der Waals surface area contributed by atoms with E-state index in [0.717, 1.165) is 36.2 Å². The molecule has 2 heterocycles. The fourth-order valence-electron chi connectivity index (χ4n) is 3.71. The Morgan fingerprint density at radius 3 is 3.04 bits per heavy atom. The van der Waals surface area contributed by atoms with Crippen LogP contribution in [-0.4, -0.2) is 39.5 Å². The number of nitro benzene ring substituents is 1. The zero-order valence-electron chi connectivity index (χ0n) is 15.2. The molecule has 0 aliphatic carbocycles. The lowest BCUT2D eigenvalue weighted by atomic mass is 10.2. The molecule has 1 aromatic heterocycles. The van der Waals surface area contributed by atoms with Gasteiger partial charge in [-0.15, -0.1) is 0 Å². The van der Waals surface area contributed by atoms with Crippen molar-refractivity contribution >= 4 is 16.7 Å². The fourth-order valence-corrected chi connectivity index (χ4v) is 3.71. The summed E-state index contributed by atoms with van der Waals surface area (Å²) in [5.74, 6) is 1.30. The third kappa shape index (κ3) is 3.64. The van der Waals surface area contributed by atoms with Crippen molar-refractivity contribution in [2.24, 2.45) is 0 Å². The van der Waals surface area contributed by atoms with Crippen LogP contribution < -0.4 is 4.74 Å². The van der Waals surface area contributed by atoms with E-state index in [2.05, 4.69) is 28.9 Å². The molecule has 1 N–H and O–H groups in total. The Morgan fingerprint density at radius 1 is 1.33 bits per heavy atom. The number of aryl methyl sites for hydroxylation is 1. The topological polar surface area (TPSA) is 84.3 Å². The van der Waals surface area contributed by atoms with E-state index in [0.29, 0.717) is 18.9 Å². The van der Waals surface area contributed by atoms with Crippen LogP contribution in [0.5, 0.6) is 5.75 Å². The molecule has 0 unspecified atom stereocenters. The summed E-state index contributed by atoms with van der Waals surface area (Å²) >= 11 is 0. The molecule has 1 saturated heterocycles. The predicted molar refractivity (Wildman–Crippen MR) is 103 cm³/mol. The molecule has 0 saturated carbocycles. The van der Waals surface area contributed by atoms with E-state index < -0.39 is 4.92 Å². The maximum Gasteiger partial charge on any atom is 0.310 e. The molecule has 27 heavy (non-hydrogen) atoms. The van der Waals surface area contributed by atoms with Gasteiger partial charge in [-0.25, -0.2) is 4.98 Å². The van der Waals surface area contributed by atoms with Gasteiger partial charge in [0.15, 0.2) is 5.75 Å². The lowest BCUT2D eigenvalue weighted by molar-refractivity contribution is -0.385. The predicted octanol–water partition coefficient (Wildman–Crippen LogP) is 4.00. The Bertz CT molecular complexity index is 969. The number of aromatic amines is 1. The summed E-state index contributed by atoms with van der Waals surface area (Å²) in [6.45, 7) is 4.15. The smallest absolute Gasteiger partial charge is 0.310 e. The van der Waals surface area contributed by atoms with Gasteiger partial charge in [0.1, 0.15) is 12.4 Å². The van der Waals surface area contributed by atoms with Crippen molar-refractivity contribution in [1.82, 2.24) is 14.9 Å². The van der Waals surface area contributed by atoms with Gasteiger partial charge in [-0.05, 0) is 50.1 Å². The Morgan fingerprint density at radius 2 is 2.19 bits per heavy atom. The van der Waals surface area contributed by atoms with Crippen LogP contribution in [0, 0.1) is 17.0 Å². The van der Waals surface area contributed by atoms with E-state index in [9.17, 15) is 10.1 Å². The summed E-state index contributed by atoms with van der Waals surface area (Å²) in [7, 11) is 0. The number of imidazole rings is 1. The zero-order chi connectivity index (χ0) is 18.8. The van der Waals surface area contributed by atoms with Crippen LogP contribution in [-0.2, 0) is 0 Å². The number of fused-ring (bicyclic) bond motifs is 1. The number of hydrogen-bond donors (Lipinski definition) is 1. The highest BCUT2D eigenvalue weighted by Gasteiger charge is 2.28. The molecule has 1 aliphatic heterocycles. The summed E-state index contributed by atoms with van der Waals surface area (Å²) < 4.78 is 5.71. The second-order valence-electron chi connectivity index (χ2n) is 6.91. The number of nitrogens with one attached hydrogen (secondary N) is 1. The van der Waals surface area contributed by atoms with Gasteiger partial charge in [-0.1, -0.05) is 18.2 Å². The molecule has 1 aliphatic rings. The number of nitro groups is 1. The molecule has 2 aromatic carbocycles. The monoisotopic (exact) mass is 366 g/mol. The van der Waals surface area contributed by atoms with Crippen molar-refractivity contribution in [2.75, 3.05) is 19.7 Å². The van der Waals surface area contributed by atoms with E-state index in [1.54, 1.807) is 18.2 Å². The normalized spacial score (nSPS) is 17.4. The standard InChI is InChI=1S/C20H22N4O3/c1-14-8-9-15-16(13-14)22-20(21-15)18-6-4-10-23(18)11-12-27-19-7-3-2-5-17(19)24(25)26/h2-3,5,7-9,13,18H,4,6,10-12H2,1H3,(H,21,22)/t18-/m0/s1. The molecule has 1 atom stereocenters. The van der Waals surface area contributed by atoms with E-state index in [-0.39, 0.29) is 11.7 Å². The first kappa shape index (κ1) is 17.5. The molecular weight excluding hydrogens is 344 g/mol. The second-order valence-corrected chi connectivity index (χ2v) is 6.91. The number of nitrogens with zero attached hydrogens (tertiary/aromatic N) is 3. The molecule has 3 aromatic rings. The van der Waals surface area contributed by atoms with E-state index in [1.165, 1.54) is 11.6 Å². The van der Waals surface area contributed by atoms with Crippen molar-refractivity contribution in [3.05, 3.63) is 64.0 Å². The highest BCUT2D eigenvalue weighted by atomic mass is 16.6. The second kappa shape index (κ2) is 7.36. The number of benzene rings is 2. The van der Waals surface area contributed by atoms with Gasteiger partial charge in [-0.3, -0.25) is 15.0 Å². The van der Waals surface area contributed by atoms with Crippen LogP contribution in [0.4, 0.5) is 5.69 Å². The van der Waals surface area contributed by atoms with E-state index >= 15 is 0 Å². The average Bonchev–Trinajstić information content (AvgIpc) is 3.28. The van der Waals surface area contributed by atoms with Crippen molar-refractivity contribution in [3.63, 3.8) is 0 Å². The maximum atomic E-state index is 11.1. The molecule has 0 spiro atoms. The van der Waals surface area contributed by atoms with Crippen LogP contribution in [0.3, 0.4) is 0 Å². The largest absolute Gasteiger partial charge is 0.485 e.